The van der Waals surface area contributed by atoms with Crippen LogP contribution in [0.1, 0.15) is 25.7 Å². The van der Waals surface area contributed by atoms with Crippen LogP contribution < -0.4 is 10.2 Å². The zero-order valence-corrected chi connectivity index (χ0v) is 13.0. The minimum atomic E-state index is -0.778. The summed E-state index contributed by atoms with van der Waals surface area (Å²) in [5, 5.41) is 11.9. The standard InChI is InChI=1S/C17H24N2O3/c1-19(15-6-3-2-4-7-15)11-5-10-18-16(20)13-8-9-14(12-13)17(21)22/h2-4,6-7,13-14H,5,8-12H2,1H3,(H,18,20)(H,21,22)/t13-,14+/m0/s1. The van der Waals surface area contributed by atoms with E-state index in [4.69, 9.17) is 5.11 Å². The molecule has 1 aliphatic rings. The maximum Gasteiger partial charge on any atom is 0.306 e. The fraction of sp³-hybridized carbons (Fsp3) is 0.529. The molecule has 1 aromatic carbocycles. The number of nitrogens with one attached hydrogen (secondary N) is 1. The number of benzene rings is 1. The van der Waals surface area contributed by atoms with Gasteiger partial charge in [-0.25, -0.2) is 0 Å². The fourth-order valence-corrected chi connectivity index (χ4v) is 2.93. The summed E-state index contributed by atoms with van der Waals surface area (Å²) in [6.45, 7) is 1.50. The molecule has 0 saturated heterocycles. The number of carbonyl (C=O) groups is 2. The van der Waals surface area contributed by atoms with Crippen molar-refractivity contribution in [3.8, 4) is 0 Å². The molecule has 0 unspecified atom stereocenters. The molecule has 5 nitrogen and oxygen atoms in total. The number of hydrogen-bond donors (Lipinski definition) is 2. The Hall–Kier alpha value is -2.04. The summed E-state index contributed by atoms with van der Waals surface area (Å²) in [4.78, 5) is 25.1. The van der Waals surface area contributed by atoms with Crippen LogP contribution in [0.15, 0.2) is 30.3 Å². The Balaban J connectivity index is 1.64. The average Bonchev–Trinajstić information content (AvgIpc) is 3.02. The number of amides is 1. The molecule has 22 heavy (non-hydrogen) atoms. The summed E-state index contributed by atoms with van der Waals surface area (Å²) >= 11 is 0. The van der Waals surface area contributed by atoms with Gasteiger partial charge in [0.15, 0.2) is 0 Å². The van der Waals surface area contributed by atoms with Gasteiger partial charge in [-0.1, -0.05) is 18.2 Å². The van der Waals surface area contributed by atoms with E-state index in [0.29, 0.717) is 25.8 Å². The second-order valence-corrected chi connectivity index (χ2v) is 5.95. The average molecular weight is 304 g/mol. The quantitative estimate of drug-likeness (QED) is 0.757. The van der Waals surface area contributed by atoms with E-state index in [2.05, 4.69) is 22.3 Å². The molecule has 120 valence electrons. The Morgan fingerprint density at radius 3 is 2.55 bits per heavy atom. The maximum atomic E-state index is 12.0. The number of rotatable bonds is 7. The van der Waals surface area contributed by atoms with Crippen molar-refractivity contribution in [2.24, 2.45) is 11.8 Å². The highest BCUT2D eigenvalue weighted by molar-refractivity contribution is 5.80. The number of nitrogens with zero attached hydrogens (tertiary/aromatic N) is 1. The molecule has 1 fully saturated rings. The van der Waals surface area contributed by atoms with Crippen LogP contribution in [-0.4, -0.2) is 37.1 Å². The Kier molecular flexibility index (Phi) is 5.81. The topological polar surface area (TPSA) is 69.6 Å². The third-order valence-electron chi connectivity index (χ3n) is 4.32. The highest BCUT2D eigenvalue weighted by Crippen LogP contribution is 2.31. The Bertz CT molecular complexity index is 504. The molecule has 0 spiro atoms. The highest BCUT2D eigenvalue weighted by Gasteiger charge is 2.33. The first-order chi connectivity index (χ1) is 10.6. The van der Waals surface area contributed by atoms with Gasteiger partial charge in [0.2, 0.25) is 5.91 Å². The molecule has 0 heterocycles. The second-order valence-electron chi connectivity index (χ2n) is 5.95. The van der Waals surface area contributed by atoms with Gasteiger partial charge in [0.05, 0.1) is 5.92 Å². The van der Waals surface area contributed by atoms with E-state index in [1.54, 1.807) is 0 Å². The van der Waals surface area contributed by atoms with E-state index >= 15 is 0 Å². The number of hydrogen-bond acceptors (Lipinski definition) is 3. The molecule has 0 radical (unpaired) electrons. The lowest BCUT2D eigenvalue weighted by Crippen LogP contribution is -2.32. The molecule has 1 amide bonds. The zero-order valence-electron chi connectivity index (χ0n) is 13.0. The van der Waals surface area contributed by atoms with Crippen LogP contribution in [0.3, 0.4) is 0 Å². The third-order valence-corrected chi connectivity index (χ3v) is 4.32. The van der Waals surface area contributed by atoms with Crippen LogP contribution in [0, 0.1) is 11.8 Å². The van der Waals surface area contributed by atoms with Crippen molar-refractivity contribution >= 4 is 17.6 Å². The molecular weight excluding hydrogens is 280 g/mol. The first kappa shape index (κ1) is 16.3. The largest absolute Gasteiger partial charge is 0.481 e. The summed E-state index contributed by atoms with van der Waals surface area (Å²) < 4.78 is 0. The molecule has 1 aromatic rings. The minimum Gasteiger partial charge on any atom is -0.481 e. The number of para-hydroxylation sites is 1. The van der Waals surface area contributed by atoms with Crippen LogP contribution >= 0.6 is 0 Å². The fourth-order valence-electron chi connectivity index (χ4n) is 2.93. The summed E-state index contributed by atoms with van der Waals surface area (Å²) in [6.07, 6.45) is 2.65. The number of carboxylic acid groups (broad SMARTS) is 1. The van der Waals surface area contributed by atoms with Crippen molar-refractivity contribution in [2.75, 3.05) is 25.0 Å². The molecule has 1 aliphatic carbocycles. The SMILES string of the molecule is CN(CCCNC(=O)[C@H]1CC[C@@H](C(=O)O)C1)c1ccccc1. The van der Waals surface area contributed by atoms with Crippen LogP contribution in [0.4, 0.5) is 5.69 Å². The molecule has 0 aromatic heterocycles. The first-order valence-corrected chi connectivity index (χ1v) is 7.84. The lowest BCUT2D eigenvalue weighted by atomic mass is 10.0. The summed E-state index contributed by atoms with van der Waals surface area (Å²) in [6, 6.07) is 10.1. The normalized spacial score (nSPS) is 20.6. The van der Waals surface area contributed by atoms with E-state index in [1.165, 1.54) is 0 Å². The highest BCUT2D eigenvalue weighted by atomic mass is 16.4. The molecule has 1 saturated carbocycles. The van der Waals surface area contributed by atoms with Crippen LogP contribution in [0.5, 0.6) is 0 Å². The van der Waals surface area contributed by atoms with Crippen molar-refractivity contribution < 1.29 is 14.7 Å². The van der Waals surface area contributed by atoms with Crippen molar-refractivity contribution in [1.82, 2.24) is 5.32 Å². The first-order valence-electron chi connectivity index (χ1n) is 7.84. The lowest BCUT2D eigenvalue weighted by Gasteiger charge is -2.19. The van der Waals surface area contributed by atoms with Crippen LogP contribution in [0.2, 0.25) is 0 Å². The Morgan fingerprint density at radius 2 is 1.91 bits per heavy atom. The van der Waals surface area contributed by atoms with E-state index < -0.39 is 5.97 Å². The van der Waals surface area contributed by atoms with Crippen molar-refractivity contribution in [2.45, 2.75) is 25.7 Å². The molecule has 0 aliphatic heterocycles. The zero-order chi connectivity index (χ0) is 15.9. The van der Waals surface area contributed by atoms with E-state index in [-0.39, 0.29) is 17.7 Å². The summed E-state index contributed by atoms with van der Waals surface area (Å²) in [7, 11) is 2.03. The molecule has 0 bridgehead atoms. The van der Waals surface area contributed by atoms with Crippen molar-refractivity contribution in [1.29, 1.82) is 0 Å². The van der Waals surface area contributed by atoms with Gasteiger partial charge < -0.3 is 15.3 Å². The van der Waals surface area contributed by atoms with Gasteiger partial charge in [-0.15, -0.1) is 0 Å². The van der Waals surface area contributed by atoms with E-state index in [9.17, 15) is 9.59 Å². The molecule has 2 atom stereocenters. The number of anilines is 1. The number of aliphatic carboxylic acids is 1. The third kappa shape index (κ3) is 4.48. The van der Waals surface area contributed by atoms with Gasteiger partial charge in [0, 0.05) is 31.7 Å². The summed E-state index contributed by atoms with van der Waals surface area (Å²) in [5.41, 5.74) is 1.16. The van der Waals surface area contributed by atoms with E-state index in [0.717, 1.165) is 18.7 Å². The number of carbonyl (C=O) groups excluding carboxylic acids is 1. The number of carboxylic acids is 1. The Morgan fingerprint density at radius 1 is 1.23 bits per heavy atom. The van der Waals surface area contributed by atoms with Gasteiger partial charge in [0.1, 0.15) is 0 Å². The van der Waals surface area contributed by atoms with E-state index in [1.807, 2.05) is 25.2 Å². The smallest absolute Gasteiger partial charge is 0.306 e. The van der Waals surface area contributed by atoms with Crippen LogP contribution in [0.25, 0.3) is 0 Å². The predicted molar refractivity (Wildman–Crippen MR) is 85.8 cm³/mol. The minimum absolute atomic E-state index is 0.00566. The van der Waals surface area contributed by atoms with Gasteiger partial charge in [0.25, 0.3) is 0 Å². The second kappa shape index (κ2) is 7.82. The predicted octanol–water partition coefficient (Wildman–Crippen LogP) is 2.13. The monoisotopic (exact) mass is 304 g/mol. The lowest BCUT2D eigenvalue weighted by molar-refractivity contribution is -0.141. The molecule has 2 rings (SSSR count). The summed E-state index contributed by atoms with van der Waals surface area (Å²) in [5.74, 6) is -1.25. The van der Waals surface area contributed by atoms with Crippen molar-refractivity contribution in [3.63, 3.8) is 0 Å². The van der Waals surface area contributed by atoms with Gasteiger partial charge in [-0.3, -0.25) is 9.59 Å². The van der Waals surface area contributed by atoms with Crippen LogP contribution in [-0.2, 0) is 9.59 Å². The Labute approximate surface area is 131 Å². The molecular formula is C17H24N2O3. The van der Waals surface area contributed by atoms with Gasteiger partial charge in [-0.2, -0.15) is 0 Å². The maximum absolute atomic E-state index is 12.0. The van der Waals surface area contributed by atoms with Gasteiger partial charge in [-0.05, 0) is 37.8 Å². The molecule has 2 N–H and O–H groups in total. The molecule has 5 heteroatoms. The van der Waals surface area contributed by atoms with Gasteiger partial charge >= 0.3 is 5.97 Å². The van der Waals surface area contributed by atoms with Crippen molar-refractivity contribution in [3.05, 3.63) is 30.3 Å².